The molecule has 1 amide bonds. The van der Waals surface area contributed by atoms with Crippen LogP contribution in [0.3, 0.4) is 0 Å². The van der Waals surface area contributed by atoms with Gasteiger partial charge in [0, 0.05) is 12.6 Å². The van der Waals surface area contributed by atoms with Crippen molar-refractivity contribution in [1.29, 1.82) is 0 Å². The van der Waals surface area contributed by atoms with Gasteiger partial charge in [-0.05, 0) is 37.5 Å². The zero-order valence-corrected chi connectivity index (χ0v) is 13.5. The van der Waals surface area contributed by atoms with Gasteiger partial charge in [-0.3, -0.25) is 9.78 Å². The number of hydrogen-bond donors (Lipinski definition) is 0. The number of piperidine rings is 1. The van der Waals surface area contributed by atoms with Crippen molar-refractivity contribution in [2.75, 3.05) is 13.7 Å². The average Bonchev–Trinajstić information content (AvgIpc) is 2.65. The number of esters is 1. The van der Waals surface area contributed by atoms with Gasteiger partial charge in [0.15, 0.2) is 0 Å². The SMILES string of the molecule is COC(=O)C1CCCCN1C(=O)/C=C/c1cnc2ccccc2n1. The van der Waals surface area contributed by atoms with Crippen LogP contribution in [-0.2, 0) is 14.3 Å². The van der Waals surface area contributed by atoms with E-state index < -0.39 is 6.04 Å². The van der Waals surface area contributed by atoms with Gasteiger partial charge >= 0.3 is 5.97 Å². The van der Waals surface area contributed by atoms with E-state index in [-0.39, 0.29) is 11.9 Å². The van der Waals surface area contributed by atoms with Crippen LogP contribution in [0, 0.1) is 0 Å². The van der Waals surface area contributed by atoms with Crippen LogP contribution >= 0.6 is 0 Å². The van der Waals surface area contributed by atoms with Crippen LogP contribution in [-0.4, -0.2) is 46.4 Å². The molecule has 1 fully saturated rings. The number of carbonyl (C=O) groups is 2. The highest BCUT2D eigenvalue weighted by Crippen LogP contribution is 2.19. The number of hydrogen-bond acceptors (Lipinski definition) is 5. The topological polar surface area (TPSA) is 72.4 Å². The molecular weight excluding hydrogens is 306 g/mol. The van der Waals surface area contributed by atoms with Gasteiger partial charge in [-0.25, -0.2) is 9.78 Å². The molecule has 1 aliphatic rings. The molecule has 2 heterocycles. The number of nitrogens with zero attached hydrogens (tertiary/aromatic N) is 3. The smallest absolute Gasteiger partial charge is 0.328 e. The lowest BCUT2D eigenvalue weighted by Gasteiger charge is -2.32. The van der Waals surface area contributed by atoms with Crippen molar-refractivity contribution in [2.45, 2.75) is 25.3 Å². The molecule has 6 nitrogen and oxygen atoms in total. The molecule has 1 atom stereocenters. The molecule has 0 N–H and O–H groups in total. The second kappa shape index (κ2) is 7.21. The minimum absolute atomic E-state index is 0.208. The summed E-state index contributed by atoms with van der Waals surface area (Å²) in [6.07, 6.45) is 7.15. The van der Waals surface area contributed by atoms with Crippen molar-refractivity contribution in [2.24, 2.45) is 0 Å². The molecule has 0 saturated carbocycles. The van der Waals surface area contributed by atoms with E-state index in [2.05, 4.69) is 9.97 Å². The third-order valence-electron chi connectivity index (χ3n) is 4.12. The maximum Gasteiger partial charge on any atom is 0.328 e. The van der Waals surface area contributed by atoms with Crippen LogP contribution < -0.4 is 0 Å². The van der Waals surface area contributed by atoms with Crippen LogP contribution in [0.15, 0.2) is 36.5 Å². The Labute approximate surface area is 140 Å². The number of para-hydroxylation sites is 2. The van der Waals surface area contributed by atoms with Gasteiger partial charge in [0.25, 0.3) is 0 Å². The maximum absolute atomic E-state index is 12.4. The molecular formula is C18H19N3O3. The van der Waals surface area contributed by atoms with Gasteiger partial charge in [0.2, 0.25) is 5.91 Å². The second-order valence-electron chi connectivity index (χ2n) is 5.68. The fraction of sp³-hybridized carbons (Fsp3) is 0.333. The fourth-order valence-corrected chi connectivity index (χ4v) is 2.88. The molecule has 1 aromatic heterocycles. The molecule has 0 aliphatic carbocycles. The number of benzene rings is 1. The molecule has 24 heavy (non-hydrogen) atoms. The standard InChI is InChI=1S/C18H19N3O3/c1-24-18(23)16-8-4-5-11-21(16)17(22)10-9-13-12-19-14-6-2-3-7-15(14)20-13/h2-3,6-7,9-10,12,16H,4-5,8,11H2,1H3/b10-9+. The molecule has 1 unspecified atom stereocenters. The van der Waals surface area contributed by atoms with Crippen LogP contribution in [0.5, 0.6) is 0 Å². The van der Waals surface area contributed by atoms with E-state index in [4.69, 9.17) is 4.74 Å². The Bertz CT molecular complexity index is 788. The first kappa shape index (κ1) is 16.1. The molecule has 1 aromatic carbocycles. The van der Waals surface area contributed by atoms with Crippen LogP contribution in [0.1, 0.15) is 25.0 Å². The lowest BCUT2D eigenvalue weighted by molar-refractivity contribution is -0.153. The Kier molecular flexibility index (Phi) is 4.84. The van der Waals surface area contributed by atoms with E-state index in [1.165, 1.54) is 13.2 Å². The Morgan fingerprint density at radius 2 is 2.04 bits per heavy atom. The minimum atomic E-state index is -0.497. The van der Waals surface area contributed by atoms with E-state index in [0.717, 1.165) is 23.9 Å². The molecule has 6 heteroatoms. The van der Waals surface area contributed by atoms with Crippen molar-refractivity contribution < 1.29 is 14.3 Å². The van der Waals surface area contributed by atoms with Crippen molar-refractivity contribution in [1.82, 2.24) is 14.9 Å². The molecule has 124 valence electrons. The van der Waals surface area contributed by atoms with Gasteiger partial charge in [-0.1, -0.05) is 12.1 Å². The molecule has 1 saturated heterocycles. The highest BCUT2D eigenvalue weighted by Gasteiger charge is 2.31. The van der Waals surface area contributed by atoms with E-state index in [1.807, 2.05) is 24.3 Å². The molecule has 0 spiro atoms. The van der Waals surface area contributed by atoms with Crippen molar-refractivity contribution in [3.05, 3.63) is 42.2 Å². The van der Waals surface area contributed by atoms with Crippen molar-refractivity contribution in [3.63, 3.8) is 0 Å². The number of rotatable bonds is 3. The van der Waals surface area contributed by atoms with Gasteiger partial charge in [0.05, 0.1) is 30.0 Å². The first-order valence-corrected chi connectivity index (χ1v) is 7.97. The van der Waals surface area contributed by atoms with E-state index >= 15 is 0 Å². The average molecular weight is 325 g/mol. The molecule has 3 rings (SSSR count). The highest BCUT2D eigenvalue weighted by atomic mass is 16.5. The van der Waals surface area contributed by atoms with Crippen molar-refractivity contribution >= 4 is 29.0 Å². The number of fused-ring (bicyclic) bond motifs is 1. The van der Waals surface area contributed by atoms with Crippen LogP contribution in [0.2, 0.25) is 0 Å². The van der Waals surface area contributed by atoms with Gasteiger partial charge in [-0.15, -0.1) is 0 Å². The summed E-state index contributed by atoms with van der Waals surface area (Å²) in [5.41, 5.74) is 2.19. The predicted molar refractivity (Wildman–Crippen MR) is 89.9 cm³/mol. The minimum Gasteiger partial charge on any atom is -0.467 e. The van der Waals surface area contributed by atoms with E-state index in [0.29, 0.717) is 18.7 Å². The molecule has 1 aliphatic heterocycles. The third kappa shape index (κ3) is 3.42. The highest BCUT2D eigenvalue weighted by molar-refractivity contribution is 5.94. The Balaban J connectivity index is 1.76. The lowest BCUT2D eigenvalue weighted by atomic mass is 10.0. The van der Waals surface area contributed by atoms with Gasteiger partial charge in [0.1, 0.15) is 6.04 Å². The first-order chi connectivity index (χ1) is 11.7. The number of methoxy groups -OCH3 is 1. The quantitative estimate of drug-likeness (QED) is 0.639. The number of aromatic nitrogens is 2. The summed E-state index contributed by atoms with van der Waals surface area (Å²) in [7, 11) is 1.35. The summed E-state index contributed by atoms with van der Waals surface area (Å²) in [5.74, 6) is -0.568. The molecule has 0 bridgehead atoms. The number of likely N-dealkylation sites (tertiary alicyclic amines) is 1. The zero-order valence-electron chi connectivity index (χ0n) is 13.5. The van der Waals surface area contributed by atoms with Gasteiger partial charge < -0.3 is 9.64 Å². The summed E-state index contributed by atoms with van der Waals surface area (Å²) in [6.45, 7) is 0.562. The largest absolute Gasteiger partial charge is 0.467 e. The Morgan fingerprint density at radius 1 is 1.25 bits per heavy atom. The summed E-state index contributed by atoms with van der Waals surface area (Å²) >= 11 is 0. The monoisotopic (exact) mass is 325 g/mol. The molecule has 2 aromatic rings. The predicted octanol–water partition coefficient (Wildman–Crippen LogP) is 2.20. The third-order valence-corrected chi connectivity index (χ3v) is 4.12. The number of ether oxygens (including phenoxy) is 1. The van der Waals surface area contributed by atoms with Crippen molar-refractivity contribution in [3.8, 4) is 0 Å². The zero-order chi connectivity index (χ0) is 16.9. The maximum atomic E-state index is 12.4. The summed E-state index contributed by atoms with van der Waals surface area (Å²) in [4.78, 5) is 34.6. The second-order valence-corrected chi connectivity index (χ2v) is 5.68. The lowest BCUT2D eigenvalue weighted by Crippen LogP contribution is -2.47. The normalized spacial score (nSPS) is 18.0. The fourth-order valence-electron chi connectivity index (χ4n) is 2.88. The van der Waals surface area contributed by atoms with Crippen LogP contribution in [0.4, 0.5) is 0 Å². The summed E-state index contributed by atoms with van der Waals surface area (Å²) in [5, 5.41) is 0. The summed E-state index contributed by atoms with van der Waals surface area (Å²) < 4.78 is 4.80. The number of carbonyl (C=O) groups excluding carboxylic acids is 2. The first-order valence-electron chi connectivity index (χ1n) is 7.97. The van der Waals surface area contributed by atoms with Crippen LogP contribution in [0.25, 0.3) is 17.1 Å². The Hall–Kier alpha value is -2.76. The van der Waals surface area contributed by atoms with Gasteiger partial charge in [-0.2, -0.15) is 0 Å². The Morgan fingerprint density at radius 3 is 2.83 bits per heavy atom. The summed E-state index contributed by atoms with van der Waals surface area (Å²) in [6, 6.07) is 7.06. The molecule has 0 radical (unpaired) electrons. The van der Waals surface area contributed by atoms with E-state index in [1.54, 1.807) is 17.2 Å². The van der Waals surface area contributed by atoms with E-state index in [9.17, 15) is 9.59 Å². The number of amides is 1.